The Balaban J connectivity index is 2.80. The van der Waals surface area contributed by atoms with Gasteiger partial charge in [0.15, 0.2) is 0 Å². The van der Waals surface area contributed by atoms with E-state index in [0.29, 0.717) is 11.1 Å². The zero-order chi connectivity index (χ0) is 18.0. The van der Waals surface area contributed by atoms with Crippen molar-refractivity contribution in [2.45, 2.75) is 19.8 Å². The van der Waals surface area contributed by atoms with Crippen LogP contribution in [0.1, 0.15) is 25.3 Å². The Kier molecular flexibility index (Phi) is 5.49. The van der Waals surface area contributed by atoms with Crippen molar-refractivity contribution in [3.8, 4) is 0 Å². The Morgan fingerprint density at radius 2 is 1.46 bits per heavy atom. The lowest BCUT2D eigenvalue weighted by molar-refractivity contribution is -0.137. The van der Waals surface area contributed by atoms with Crippen molar-refractivity contribution < 1.29 is 19.1 Å². The first kappa shape index (κ1) is 18.3. The fourth-order valence-electron chi connectivity index (χ4n) is 2.95. The second-order valence-corrected chi connectivity index (χ2v) is 6.35. The summed E-state index contributed by atoms with van der Waals surface area (Å²) in [6.07, 6.45) is 0. The first-order valence-corrected chi connectivity index (χ1v) is 8.20. The summed E-state index contributed by atoms with van der Waals surface area (Å²) in [7, 11) is 4.48. The minimum absolute atomic E-state index is 0.429. The molecule has 5 nitrogen and oxygen atoms in total. The normalized spacial score (nSPS) is 15.7. The molecule has 0 aliphatic carbocycles. The SMILES string of the molecule is COC(=O)C1=C(C)N(C)C(C)=C(C(=O)OC)C1c1ccccc1Br. The summed E-state index contributed by atoms with van der Waals surface area (Å²) in [5.74, 6) is -1.49. The smallest absolute Gasteiger partial charge is 0.336 e. The lowest BCUT2D eigenvalue weighted by Crippen LogP contribution is -2.33. The molecule has 1 aliphatic rings. The van der Waals surface area contributed by atoms with Crippen molar-refractivity contribution in [1.29, 1.82) is 0 Å². The Morgan fingerprint density at radius 1 is 1.00 bits per heavy atom. The zero-order valence-corrected chi connectivity index (χ0v) is 15.9. The molecule has 1 heterocycles. The number of ether oxygens (including phenoxy) is 2. The monoisotopic (exact) mass is 393 g/mol. The molecule has 0 amide bonds. The lowest BCUT2D eigenvalue weighted by atomic mass is 9.80. The van der Waals surface area contributed by atoms with Crippen molar-refractivity contribution in [2.24, 2.45) is 0 Å². The third-order valence-electron chi connectivity index (χ3n) is 4.39. The Hall–Kier alpha value is -2.08. The maximum Gasteiger partial charge on any atom is 0.336 e. The van der Waals surface area contributed by atoms with Crippen molar-refractivity contribution in [1.82, 2.24) is 4.90 Å². The first-order valence-electron chi connectivity index (χ1n) is 7.41. The van der Waals surface area contributed by atoms with Gasteiger partial charge in [0.2, 0.25) is 0 Å². The molecule has 24 heavy (non-hydrogen) atoms. The van der Waals surface area contributed by atoms with E-state index in [1.807, 2.05) is 50.1 Å². The van der Waals surface area contributed by atoms with Gasteiger partial charge >= 0.3 is 11.9 Å². The molecule has 2 rings (SSSR count). The van der Waals surface area contributed by atoms with Crippen molar-refractivity contribution in [3.05, 3.63) is 56.8 Å². The summed E-state index contributed by atoms with van der Waals surface area (Å²) in [4.78, 5) is 26.8. The van der Waals surface area contributed by atoms with Crippen LogP contribution in [0.25, 0.3) is 0 Å². The second-order valence-electron chi connectivity index (χ2n) is 5.49. The minimum Gasteiger partial charge on any atom is -0.466 e. The molecular formula is C18H20BrNO4. The van der Waals surface area contributed by atoms with Gasteiger partial charge in [-0.15, -0.1) is 0 Å². The largest absolute Gasteiger partial charge is 0.466 e. The van der Waals surface area contributed by atoms with Crippen LogP contribution in [0.4, 0.5) is 0 Å². The number of esters is 2. The van der Waals surface area contributed by atoms with Crippen molar-refractivity contribution in [2.75, 3.05) is 21.3 Å². The number of rotatable bonds is 3. The molecule has 0 saturated heterocycles. The van der Waals surface area contributed by atoms with E-state index < -0.39 is 17.9 Å². The summed E-state index contributed by atoms with van der Waals surface area (Å²) in [6, 6.07) is 7.51. The summed E-state index contributed by atoms with van der Waals surface area (Å²) in [5.41, 5.74) is 3.15. The summed E-state index contributed by atoms with van der Waals surface area (Å²) < 4.78 is 10.8. The molecule has 0 unspecified atom stereocenters. The summed E-state index contributed by atoms with van der Waals surface area (Å²) in [5, 5.41) is 0. The minimum atomic E-state index is -0.559. The van der Waals surface area contributed by atoms with E-state index in [0.717, 1.165) is 21.4 Å². The van der Waals surface area contributed by atoms with Crippen LogP contribution in [0.15, 0.2) is 51.3 Å². The molecule has 1 aromatic carbocycles. The van der Waals surface area contributed by atoms with Gasteiger partial charge in [-0.05, 0) is 25.5 Å². The van der Waals surface area contributed by atoms with E-state index in [-0.39, 0.29) is 0 Å². The standard InChI is InChI=1S/C18H20BrNO4/c1-10-14(17(21)23-4)16(12-8-6-7-9-13(12)19)15(18(22)24-5)11(2)20(10)3/h6-9,16H,1-5H3. The van der Waals surface area contributed by atoms with Gasteiger partial charge in [-0.1, -0.05) is 34.1 Å². The number of hydrogen-bond donors (Lipinski definition) is 0. The molecule has 6 heteroatoms. The number of methoxy groups -OCH3 is 2. The lowest BCUT2D eigenvalue weighted by Gasteiger charge is -2.35. The van der Waals surface area contributed by atoms with Crippen LogP contribution in [0.3, 0.4) is 0 Å². The van der Waals surface area contributed by atoms with E-state index in [4.69, 9.17) is 9.47 Å². The quantitative estimate of drug-likeness (QED) is 0.736. The number of halogens is 1. The predicted octanol–water partition coefficient (Wildman–Crippen LogP) is 3.37. The second kappa shape index (κ2) is 7.21. The van der Waals surface area contributed by atoms with Crippen molar-refractivity contribution >= 4 is 27.9 Å². The zero-order valence-electron chi connectivity index (χ0n) is 14.3. The topological polar surface area (TPSA) is 55.8 Å². The van der Waals surface area contributed by atoms with Crippen LogP contribution < -0.4 is 0 Å². The molecule has 0 saturated carbocycles. The number of benzene rings is 1. The number of hydrogen-bond acceptors (Lipinski definition) is 5. The number of allylic oxidation sites excluding steroid dienone is 2. The van der Waals surface area contributed by atoms with E-state index in [2.05, 4.69) is 15.9 Å². The van der Waals surface area contributed by atoms with Gasteiger partial charge in [-0.3, -0.25) is 0 Å². The maximum atomic E-state index is 12.5. The Labute approximate surface area is 150 Å². The maximum absolute atomic E-state index is 12.5. The third kappa shape index (κ3) is 2.98. The van der Waals surface area contributed by atoms with Crippen LogP contribution in [-0.2, 0) is 19.1 Å². The third-order valence-corrected chi connectivity index (χ3v) is 5.11. The highest BCUT2D eigenvalue weighted by atomic mass is 79.9. The fraction of sp³-hybridized carbons (Fsp3) is 0.333. The molecule has 0 bridgehead atoms. The predicted molar refractivity (Wildman–Crippen MR) is 94.1 cm³/mol. The molecule has 0 spiro atoms. The van der Waals surface area contributed by atoms with Crippen LogP contribution in [0.2, 0.25) is 0 Å². The molecule has 0 radical (unpaired) electrons. The van der Waals surface area contributed by atoms with E-state index in [1.54, 1.807) is 0 Å². The molecule has 0 atom stereocenters. The Morgan fingerprint density at radius 3 is 1.88 bits per heavy atom. The van der Waals surface area contributed by atoms with Gasteiger partial charge in [-0.2, -0.15) is 0 Å². The first-order chi connectivity index (χ1) is 11.3. The van der Waals surface area contributed by atoms with Crippen LogP contribution in [-0.4, -0.2) is 38.1 Å². The van der Waals surface area contributed by atoms with Gasteiger partial charge in [0.25, 0.3) is 0 Å². The van der Waals surface area contributed by atoms with Gasteiger partial charge in [0, 0.05) is 22.9 Å². The molecule has 0 aromatic heterocycles. The van der Waals surface area contributed by atoms with E-state index in [9.17, 15) is 9.59 Å². The molecular weight excluding hydrogens is 374 g/mol. The van der Waals surface area contributed by atoms with Gasteiger partial charge in [-0.25, -0.2) is 9.59 Å². The highest BCUT2D eigenvalue weighted by molar-refractivity contribution is 9.10. The number of carbonyl (C=O) groups excluding carboxylic acids is 2. The number of nitrogens with zero attached hydrogens (tertiary/aromatic N) is 1. The average Bonchev–Trinajstić information content (AvgIpc) is 2.58. The van der Waals surface area contributed by atoms with Crippen LogP contribution >= 0.6 is 15.9 Å². The van der Waals surface area contributed by atoms with Crippen LogP contribution in [0.5, 0.6) is 0 Å². The van der Waals surface area contributed by atoms with E-state index >= 15 is 0 Å². The molecule has 1 aromatic rings. The average molecular weight is 394 g/mol. The highest BCUT2D eigenvalue weighted by Crippen LogP contribution is 2.44. The number of carbonyl (C=O) groups is 2. The van der Waals surface area contributed by atoms with E-state index in [1.165, 1.54) is 14.2 Å². The van der Waals surface area contributed by atoms with Gasteiger partial charge in [0.05, 0.1) is 31.3 Å². The molecule has 0 N–H and O–H groups in total. The van der Waals surface area contributed by atoms with Crippen LogP contribution in [0, 0.1) is 0 Å². The van der Waals surface area contributed by atoms with Crippen molar-refractivity contribution in [3.63, 3.8) is 0 Å². The summed E-state index contributed by atoms with van der Waals surface area (Å²) >= 11 is 3.52. The van der Waals surface area contributed by atoms with Gasteiger partial charge < -0.3 is 14.4 Å². The fourth-order valence-corrected chi connectivity index (χ4v) is 3.46. The Bertz CT molecular complexity index is 711. The molecule has 1 aliphatic heterocycles. The van der Waals surface area contributed by atoms with Gasteiger partial charge in [0.1, 0.15) is 0 Å². The molecule has 128 valence electrons. The molecule has 0 fully saturated rings. The summed E-state index contributed by atoms with van der Waals surface area (Å²) in [6.45, 7) is 3.68. The highest BCUT2D eigenvalue weighted by Gasteiger charge is 2.39.